The molecule has 3 N–H and O–H groups in total. The molecule has 106 valence electrons. The summed E-state index contributed by atoms with van der Waals surface area (Å²) < 4.78 is 0. The number of carbonyl (C=O) groups is 2. The Balaban J connectivity index is 1.70. The van der Waals surface area contributed by atoms with Crippen LogP contribution in [0.15, 0.2) is 24.3 Å². The third-order valence-electron chi connectivity index (χ3n) is 4.52. The number of aromatic carboxylic acids is 1. The molecule has 1 aliphatic heterocycles. The molecule has 1 aromatic carbocycles. The molecule has 1 atom stereocenters. The third-order valence-corrected chi connectivity index (χ3v) is 4.52. The average Bonchev–Trinajstić information content (AvgIpc) is 3.13. The molecule has 1 heterocycles. The number of piperidine rings is 1. The lowest BCUT2D eigenvalue weighted by molar-refractivity contribution is -0.118. The highest BCUT2D eigenvalue weighted by atomic mass is 16.4. The molecule has 1 aliphatic carbocycles. The fourth-order valence-electron chi connectivity index (χ4n) is 3.19. The van der Waals surface area contributed by atoms with Crippen LogP contribution in [0.2, 0.25) is 0 Å². The highest BCUT2D eigenvalue weighted by Gasteiger charge is 2.57. The zero-order valence-electron chi connectivity index (χ0n) is 11.2. The number of carboxylic acid groups (broad SMARTS) is 1. The molecule has 0 bridgehead atoms. The molecule has 1 amide bonds. The second-order valence-electron chi connectivity index (χ2n) is 5.71. The maximum absolute atomic E-state index is 12.3. The molecule has 0 radical (unpaired) electrons. The van der Waals surface area contributed by atoms with Crippen LogP contribution in [0.25, 0.3) is 0 Å². The summed E-state index contributed by atoms with van der Waals surface area (Å²) in [6, 6.07) is 6.53. The van der Waals surface area contributed by atoms with E-state index in [-0.39, 0.29) is 22.8 Å². The highest BCUT2D eigenvalue weighted by molar-refractivity contribution is 6.02. The van der Waals surface area contributed by atoms with Crippen LogP contribution >= 0.6 is 0 Å². The van der Waals surface area contributed by atoms with Gasteiger partial charge in [0.25, 0.3) is 0 Å². The molecular weight excluding hydrogens is 256 g/mol. The second kappa shape index (κ2) is 4.90. The zero-order chi connectivity index (χ0) is 14.2. The summed E-state index contributed by atoms with van der Waals surface area (Å²) in [4.78, 5) is 23.4. The number of carbonyl (C=O) groups excluding carboxylic acids is 1. The van der Waals surface area contributed by atoms with E-state index in [9.17, 15) is 9.59 Å². The van der Waals surface area contributed by atoms with E-state index in [1.807, 2.05) is 0 Å². The Bertz CT molecular complexity index is 550. The lowest BCUT2D eigenvalue weighted by Crippen LogP contribution is -2.31. The Hall–Kier alpha value is -1.88. The molecule has 1 saturated heterocycles. The number of carboxylic acids is 1. The van der Waals surface area contributed by atoms with Crippen LogP contribution in [0.4, 0.5) is 5.69 Å². The molecular formula is C15H18N2O3. The second-order valence-corrected chi connectivity index (χ2v) is 5.71. The van der Waals surface area contributed by atoms with E-state index in [1.54, 1.807) is 18.2 Å². The minimum atomic E-state index is -1.02. The molecule has 1 spiro atoms. The van der Waals surface area contributed by atoms with Crippen molar-refractivity contribution in [3.05, 3.63) is 29.8 Å². The minimum Gasteiger partial charge on any atom is -0.478 e. The molecule has 3 rings (SSSR count). The van der Waals surface area contributed by atoms with Gasteiger partial charge in [0, 0.05) is 5.92 Å². The fourth-order valence-corrected chi connectivity index (χ4v) is 3.19. The van der Waals surface area contributed by atoms with Gasteiger partial charge in [-0.3, -0.25) is 4.79 Å². The first-order valence-electron chi connectivity index (χ1n) is 6.96. The van der Waals surface area contributed by atoms with Crippen LogP contribution in [0.3, 0.4) is 0 Å². The molecule has 1 saturated carbocycles. The normalized spacial score (nSPS) is 23.3. The van der Waals surface area contributed by atoms with Crippen molar-refractivity contribution in [2.24, 2.45) is 11.3 Å². The van der Waals surface area contributed by atoms with Crippen LogP contribution in [-0.2, 0) is 4.79 Å². The van der Waals surface area contributed by atoms with Crippen molar-refractivity contribution < 1.29 is 14.7 Å². The van der Waals surface area contributed by atoms with E-state index in [0.717, 1.165) is 32.4 Å². The Morgan fingerprint density at radius 3 is 2.65 bits per heavy atom. The fraction of sp³-hybridized carbons (Fsp3) is 0.467. The van der Waals surface area contributed by atoms with Gasteiger partial charge in [-0.2, -0.15) is 0 Å². The zero-order valence-corrected chi connectivity index (χ0v) is 11.2. The molecule has 1 unspecified atom stereocenters. The van der Waals surface area contributed by atoms with Gasteiger partial charge < -0.3 is 15.7 Å². The van der Waals surface area contributed by atoms with Crippen molar-refractivity contribution in [1.82, 2.24) is 5.32 Å². The van der Waals surface area contributed by atoms with Gasteiger partial charge in [-0.1, -0.05) is 12.1 Å². The Kier molecular flexibility index (Phi) is 3.22. The molecule has 5 nitrogen and oxygen atoms in total. The van der Waals surface area contributed by atoms with E-state index >= 15 is 0 Å². The van der Waals surface area contributed by atoms with Gasteiger partial charge in [-0.05, 0) is 49.9 Å². The minimum absolute atomic E-state index is 0.0338. The summed E-state index contributed by atoms with van der Waals surface area (Å²) in [6.07, 6.45) is 2.99. The number of nitrogens with one attached hydrogen (secondary N) is 2. The SMILES string of the molecule is O=C(O)c1ccccc1NC(=O)C1CC12CCNCC2. The summed E-state index contributed by atoms with van der Waals surface area (Å²) in [5.74, 6) is -1.03. The van der Waals surface area contributed by atoms with Crippen LogP contribution in [0.1, 0.15) is 29.6 Å². The lowest BCUT2D eigenvalue weighted by Gasteiger charge is -2.23. The summed E-state index contributed by atoms with van der Waals surface area (Å²) in [5, 5.41) is 15.2. The summed E-state index contributed by atoms with van der Waals surface area (Å²) in [7, 11) is 0. The largest absolute Gasteiger partial charge is 0.478 e. The standard InChI is InChI=1S/C15H18N2O3/c18-13(11-9-15(11)5-7-16-8-6-15)17-12-4-2-1-3-10(12)14(19)20/h1-4,11,16H,5-9H2,(H,17,18)(H,19,20). The van der Waals surface area contributed by atoms with Gasteiger partial charge in [0.05, 0.1) is 11.3 Å². The van der Waals surface area contributed by atoms with Crippen LogP contribution < -0.4 is 10.6 Å². The summed E-state index contributed by atoms with van der Waals surface area (Å²) in [5.41, 5.74) is 0.690. The Morgan fingerprint density at radius 1 is 1.25 bits per heavy atom. The number of anilines is 1. The van der Waals surface area contributed by atoms with Crippen molar-refractivity contribution in [2.45, 2.75) is 19.3 Å². The summed E-state index contributed by atoms with van der Waals surface area (Å²) in [6.45, 7) is 1.94. The number of benzene rings is 1. The quantitative estimate of drug-likeness (QED) is 0.784. The van der Waals surface area contributed by atoms with E-state index in [1.165, 1.54) is 6.07 Å². The number of hydrogen-bond acceptors (Lipinski definition) is 3. The van der Waals surface area contributed by atoms with Gasteiger partial charge in [-0.25, -0.2) is 4.79 Å². The highest BCUT2D eigenvalue weighted by Crippen LogP contribution is 2.58. The van der Waals surface area contributed by atoms with Gasteiger partial charge in [0.2, 0.25) is 5.91 Å². The molecule has 0 aromatic heterocycles. The number of rotatable bonds is 3. The molecule has 2 fully saturated rings. The third kappa shape index (κ3) is 2.29. The Morgan fingerprint density at radius 2 is 1.95 bits per heavy atom. The van der Waals surface area contributed by atoms with Gasteiger partial charge in [0.15, 0.2) is 0 Å². The van der Waals surface area contributed by atoms with Crippen molar-refractivity contribution in [3.63, 3.8) is 0 Å². The predicted molar refractivity (Wildman–Crippen MR) is 74.7 cm³/mol. The first-order chi connectivity index (χ1) is 9.62. The first-order valence-corrected chi connectivity index (χ1v) is 6.96. The van der Waals surface area contributed by atoms with Crippen LogP contribution in [0.5, 0.6) is 0 Å². The van der Waals surface area contributed by atoms with Crippen molar-refractivity contribution >= 4 is 17.6 Å². The monoisotopic (exact) mass is 274 g/mol. The first kappa shape index (κ1) is 13.1. The number of hydrogen-bond donors (Lipinski definition) is 3. The molecule has 1 aromatic rings. The van der Waals surface area contributed by atoms with Gasteiger partial charge >= 0.3 is 5.97 Å². The number of para-hydroxylation sites is 1. The van der Waals surface area contributed by atoms with E-state index in [0.29, 0.717) is 5.69 Å². The number of amides is 1. The molecule has 5 heteroatoms. The van der Waals surface area contributed by atoms with Crippen molar-refractivity contribution in [3.8, 4) is 0 Å². The van der Waals surface area contributed by atoms with E-state index in [4.69, 9.17) is 5.11 Å². The topological polar surface area (TPSA) is 78.4 Å². The smallest absolute Gasteiger partial charge is 0.337 e. The maximum atomic E-state index is 12.3. The summed E-state index contributed by atoms with van der Waals surface area (Å²) >= 11 is 0. The van der Waals surface area contributed by atoms with Crippen LogP contribution in [0, 0.1) is 11.3 Å². The maximum Gasteiger partial charge on any atom is 0.337 e. The average molecular weight is 274 g/mol. The van der Waals surface area contributed by atoms with E-state index in [2.05, 4.69) is 10.6 Å². The molecule has 2 aliphatic rings. The van der Waals surface area contributed by atoms with Crippen LogP contribution in [-0.4, -0.2) is 30.1 Å². The van der Waals surface area contributed by atoms with E-state index < -0.39 is 5.97 Å². The van der Waals surface area contributed by atoms with Crippen molar-refractivity contribution in [1.29, 1.82) is 0 Å². The van der Waals surface area contributed by atoms with Gasteiger partial charge in [0.1, 0.15) is 0 Å². The van der Waals surface area contributed by atoms with Gasteiger partial charge in [-0.15, -0.1) is 0 Å². The Labute approximate surface area is 117 Å². The molecule has 20 heavy (non-hydrogen) atoms. The van der Waals surface area contributed by atoms with Crippen molar-refractivity contribution in [2.75, 3.05) is 18.4 Å². The lowest BCUT2D eigenvalue weighted by atomic mass is 9.91. The predicted octanol–water partition coefficient (Wildman–Crippen LogP) is 1.71.